The van der Waals surface area contributed by atoms with E-state index in [0.29, 0.717) is 26.2 Å². The third kappa shape index (κ3) is 8.37. The van der Waals surface area contributed by atoms with E-state index in [0.717, 1.165) is 56.0 Å². The van der Waals surface area contributed by atoms with Gasteiger partial charge in [0.2, 0.25) is 5.91 Å². The third-order valence-electron chi connectivity index (χ3n) is 6.13. The number of carbonyl (C=O) groups is 1. The van der Waals surface area contributed by atoms with Crippen LogP contribution >= 0.6 is 0 Å². The Labute approximate surface area is 197 Å². The summed E-state index contributed by atoms with van der Waals surface area (Å²) in [5.74, 6) is 1.68. The first kappa shape index (κ1) is 25.1. The Kier molecular flexibility index (Phi) is 9.15. The van der Waals surface area contributed by atoms with Gasteiger partial charge in [0, 0.05) is 26.6 Å². The van der Waals surface area contributed by atoms with Crippen LogP contribution in [0.4, 0.5) is 0 Å². The molecule has 1 atom stereocenters. The molecule has 1 aliphatic heterocycles. The summed E-state index contributed by atoms with van der Waals surface area (Å²) in [4.78, 5) is 13.3. The SMILES string of the molecule is CC(=O)NCCCOc1ccc(CN2CCC[C@](O)(COc3ccc(C)cc3C)CC2)cc1. The van der Waals surface area contributed by atoms with Gasteiger partial charge in [-0.05, 0) is 75.4 Å². The van der Waals surface area contributed by atoms with Crippen molar-refractivity contribution in [2.24, 2.45) is 0 Å². The number of benzene rings is 2. The predicted octanol–water partition coefficient (Wildman–Crippen LogP) is 4.00. The lowest BCUT2D eigenvalue weighted by Gasteiger charge is -2.27. The lowest BCUT2D eigenvalue weighted by Crippen LogP contribution is -2.37. The zero-order valence-corrected chi connectivity index (χ0v) is 20.2. The van der Waals surface area contributed by atoms with Gasteiger partial charge < -0.3 is 19.9 Å². The molecule has 1 saturated heterocycles. The predicted molar refractivity (Wildman–Crippen MR) is 131 cm³/mol. The van der Waals surface area contributed by atoms with E-state index in [1.165, 1.54) is 18.1 Å². The number of nitrogens with zero attached hydrogens (tertiary/aromatic N) is 1. The molecule has 2 N–H and O–H groups in total. The van der Waals surface area contributed by atoms with E-state index in [1.54, 1.807) is 0 Å². The van der Waals surface area contributed by atoms with Crippen molar-refractivity contribution in [3.8, 4) is 11.5 Å². The number of rotatable bonds is 10. The average Bonchev–Trinajstić information content (AvgIpc) is 2.95. The number of likely N-dealkylation sites (tertiary alicyclic amines) is 1. The molecular weight excluding hydrogens is 416 g/mol. The van der Waals surface area contributed by atoms with Crippen molar-refractivity contribution in [3.63, 3.8) is 0 Å². The molecule has 2 aromatic carbocycles. The zero-order valence-electron chi connectivity index (χ0n) is 20.2. The molecule has 0 radical (unpaired) electrons. The summed E-state index contributed by atoms with van der Waals surface area (Å²) in [5.41, 5.74) is 2.76. The van der Waals surface area contributed by atoms with Gasteiger partial charge >= 0.3 is 0 Å². The van der Waals surface area contributed by atoms with Gasteiger partial charge in [-0.25, -0.2) is 0 Å². The van der Waals surface area contributed by atoms with Crippen LogP contribution in [0, 0.1) is 13.8 Å². The van der Waals surface area contributed by atoms with Crippen molar-refractivity contribution in [1.82, 2.24) is 10.2 Å². The fraction of sp³-hybridized carbons (Fsp3) is 0.519. The summed E-state index contributed by atoms with van der Waals surface area (Å²) >= 11 is 0. The minimum Gasteiger partial charge on any atom is -0.494 e. The number of aliphatic hydroxyl groups is 1. The minimum atomic E-state index is -0.791. The Morgan fingerprint density at radius 1 is 1.09 bits per heavy atom. The highest BCUT2D eigenvalue weighted by Crippen LogP contribution is 2.26. The van der Waals surface area contributed by atoms with Gasteiger partial charge in [-0.1, -0.05) is 29.8 Å². The molecule has 2 aromatic rings. The molecule has 180 valence electrons. The van der Waals surface area contributed by atoms with E-state index >= 15 is 0 Å². The second-order valence-electron chi connectivity index (χ2n) is 9.24. The van der Waals surface area contributed by atoms with Gasteiger partial charge in [-0.2, -0.15) is 0 Å². The molecule has 1 amide bonds. The number of amides is 1. The van der Waals surface area contributed by atoms with Crippen LogP contribution in [0.5, 0.6) is 11.5 Å². The van der Waals surface area contributed by atoms with Gasteiger partial charge in [0.05, 0.1) is 12.2 Å². The van der Waals surface area contributed by atoms with Crippen LogP contribution in [0.25, 0.3) is 0 Å². The summed E-state index contributed by atoms with van der Waals surface area (Å²) in [7, 11) is 0. The number of nitrogens with one attached hydrogen (secondary N) is 1. The first-order valence-electron chi connectivity index (χ1n) is 11.9. The Hall–Kier alpha value is -2.57. The van der Waals surface area contributed by atoms with E-state index in [1.807, 2.05) is 31.2 Å². The third-order valence-corrected chi connectivity index (χ3v) is 6.13. The van der Waals surface area contributed by atoms with E-state index in [-0.39, 0.29) is 5.91 Å². The van der Waals surface area contributed by atoms with Crippen LogP contribution in [0.2, 0.25) is 0 Å². The normalized spacial score (nSPS) is 19.0. The second kappa shape index (κ2) is 12.1. The molecule has 1 heterocycles. The molecule has 0 aromatic heterocycles. The Bertz CT molecular complexity index is 899. The van der Waals surface area contributed by atoms with Gasteiger partial charge in [0.1, 0.15) is 18.1 Å². The van der Waals surface area contributed by atoms with E-state index in [4.69, 9.17) is 9.47 Å². The van der Waals surface area contributed by atoms with E-state index in [2.05, 4.69) is 35.3 Å². The molecule has 3 rings (SSSR count). The topological polar surface area (TPSA) is 71.0 Å². The molecule has 33 heavy (non-hydrogen) atoms. The summed E-state index contributed by atoms with van der Waals surface area (Å²) in [6, 6.07) is 14.3. The number of aryl methyl sites for hydroxylation is 2. The van der Waals surface area contributed by atoms with Crippen LogP contribution < -0.4 is 14.8 Å². The Morgan fingerprint density at radius 3 is 2.61 bits per heavy atom. The van der Waals surface area contributed by atoms with Crippen LogP contribution in [-0.4, -0.2) is 54.4 Å². The highest BCUT2D eigenvalue weighted by Gasteiger charge is 2.31. The van der Waals surface area contributed by atoms with Crippen molar-refractivity contribution < 1.29 is 19.4 Å². The molecular formula is C27H38N2O4. The number of ether oxygens (including phenoxy) is 2. The van der Waals surface area contributed by atoms with Gasteiger partial charge in [0.25, 0.3) is 0 Å². The Morgan fingerprint density at radius 2 is 1.88 bits per heavy atom. The minimum absolute atomic E-state index is 0.0137. The largest absolute Gasteiger partial charge is 0.494 e. The first-order chi connectivity index (χ1) is 15.8. The van der Waals surface area contributed by atoms with Crippen molar-refractivity contribution in [2.45, 2.75) is 58.6 Å². The van der Waals surface area contributed by atoms with Crippen LogP contribution in [0.1, 0.15) is 49.3 Å². The molecule has 0 saturated carbocycles. The number of hydrogen-bond acceptors (Lipinski definition) is 5. The van der Waals surface area contributed by atoms with Gasteiger partial charge in [-0.15, -0.1) is 0 Å². The molecule has 6 nitrogen and oxygen atoms in total. The zero-order chi connectivity index (χ0) is 23.7. The fourth-order valence-corrected chi connectivity index (χ4v) is 4.19. The molecule has 6 heteroatoms. The van der Waals surface area contributed by atoms with Crippen molar-refractivity contribution in [1.29, 1.82) is 0 Å². The molecule has 0 bridgehead atoms. The van der Waals surface area contributed by atoms with Crippen LogP contribution in [0.3, 0.4) is 0 Å². The molecule has 0 unspecified atom stereocenters. The van der Waals surface area contributed by atoms with Crippen molar-refractivity contribution in [3.05, 3.63) is 59.2 Å². The van der Waals surface area contributed by atoms with E-state index < -0.39 is 5.60 Å². The summed E-state index contributed by atoms with van der Waals surface area (Å²) in [6.45, 7) is 9.84. The molecule has 1 aliphatic rings. The molecule has 0 aliphatic carbocycles. The fourth-order valence-electron chi connectivity index (χ4n) is 4.19. The van der Waals surface area contributed by atoms with Crippen LogP contribution in [0.15, 0.2) is 42.5 Å². The maximum Gasteiger partial charge on any atom is 0.216 e. The van der Waals surface area contributed by atoms with Crippen molar-refractivity contribution in [2.75, 3.05) is 32.8 Å². The standard InChI is InChI=1S/C27H38N2O4/c1-21-6-11-26(22(2)18-21)33-20-27(31)12-4-15-29(16-13-27)19-24-7-9-25(10-8-24)32-17-5-14-28-23(3)30/h6-11,18,31H,4-5,12-17,19-20H2,1-3H3,(H,28,30)/t27-/m1/s1. The first-order valence-corrected chi connectivity index (χ1v) is 11.9. The number of hydrogen-bond donors (Lipinski definition) is 2. The number of carbonyl (C=O) groups excluding carboxylic acids is 1. The summed E-state index contributed by atoms with van der Waals surface area (Å²) in [6.07, 6.45) is 3.18. The maximum absolute atomic E-state index is 11.1. The lowest BCUT2D eigenvalue weighted by atomic mass is 9.96. The molecule has 1 fully saturated rings. The summed E-state index contributed by atoms with van der Waals surface area (Å²) in [5, 5.41) is 13.9. The lowest BCUT2D eigenvalue weighted by molar-refractivity contribution is -0.118. The van der Waals surface area contributed by atoms with Crippen LogP contribution in [-0.2, 0) is 11.3 Å². The highest BCUT2D eigenvalue weighted by molar-refractivity contribution is 5.72. The second-order valence-corrected chi connectivity index (χ2v) is 9.24. The highest BCUT2D eigenvalue weighted by atomic mass is 16.5. The smallest absolute Gasteiger partial charge is 0.216 e. The summed E-state index contributed by atoms with van der Waals surface area (Å²) < 4.78 is 11.8. The molecule has 0 spiro atoms. The van der Waals surface area contributed by atoms with Crippen molar-refractivity contribution >= 4 is 5.91 Å². The maximum atomic E-state index is 11.1. The Balaban J connectivity index is 1.43. The van der Waals surface area contributed by atoms with Gasteiger partial charge in [-0.3, -0.25) is 9.69 Å². The quantitative estimate of drug-likeness (QED) is 0.531. The van der Waals surface area contributed by atoms with Gasteiger partial charge in [0.15, 0.2) is 0 Å². The monoisotopic (exact) mass is 454 g/mol. The average molecular weight is 455 g/mol. The van der Waals surface area contributed by atoms with E-state index in [9.17, 15) is 9.90 Å².